The number of rotatable bonds is 6. The Balaban J connectivity index is 1.56. The van der Waals surface area contributed by atoms with Gasteiger partial charge < -0.3 is 9.84 Å². The number of likely N-dealkylation sites (tertiary alicyclic amines) is 1. The molecule has 23 heavy (non-hydrogen) atoms. The topological polar surface area (TPSA) is 76.3 Å². The molecule has 2 aromatic rings. The quantitative estimate of drug-likeness (QED) is 0.852. The summed E-state index contributed by atoms with van der Waals surface area (Å²) in [5.74, 6) is 1.55. The van der Waals surface area contributed by atoms with Crippen LogP contribution in [0, 0.1) is 0 Å². The maximum Gasteiger partial charge on any atom is 0.157 e. The van der Waals surface area contributed by atoms with Crippen molar-refractivity contribution >= 4 is 0 Å². The van der Waals surface area contributed by atoms with Crippen molar-refractivity contribution in [2.75, 3.05) is 13.1 Å². The highest BCUT2D eigenvalue weighted by Crippen LogP contribution is 2.19. The Morgan fingerprint density at radius 3 is 2.65 bits per heavy atom. The number of ether oxygens (including phenoxy) is 1. The molecule has 0 amide bonds. The van der Waals surface area contributed by atoms with E-state index in [1.165, 1.54) is 0 Å². The van der Waals surface area contributed by atoms with E-state index in [9.17, 15) is 5.11 Å². The van der Waals surface area contributed by atoms with Crippen LogP contribution in [0.5, 0.6) is 5.75 Å². The highest BCUT2D eigenvalue weighted by Gasteiger charge is 2.33. The van der Waals surface area contributed by atoms with Crippen LogP contribution >= 0.6 is 0 Å². The van der Waals surface area contributed by atoms with Crippen LogP contribution in [0.15, 0.2) is 24.8 Å². The number of hydrogen-bond acceptors (Lipinski definition) is 6. The van der Waals surface area contributed by atoms with Crippen LogP contribution in [0.25, 0.3) is 0 Å². The molecule has 1 aliphatic heterocycles. The monoisotopic (exact) mass is 317 g/mol. The van der Waals surface area contributed by atoms with E-state index >= 15 is 0 Å². The van der Waals surface area contributed by atoms with Gasteiger partial charge in [0, 0.05) is 50.6 Å². The number of aryl methyl sites for hydroxylation is 2. The van der Waals surface area contributed by atoms with Gasteiger partial charge in [-0.2, -0.15) is 5.10 Å². The highest BCUT2D eigenvalue weighted by atomic mass is 16.5. The van der Waals surface area contributed by atoms with Gasteiger partial charge in [0.05, 0.1) is 12.4 Å². The van der Waals surface area contributed by atoms with Gasteiger partial charge in [0.25, 0.3) is 0 Å². The summed E-state index contributed by atoms with van der Waals surface area (Å²) in [6.45, 7) is 6.84. The lowest BCUT2D eigenvalue weighted by Crippen LogP contribution is -2.29. The molecule has 7 heteroatoms. The van der Waals surface area contributed by atoms with Crippen LogP contribution in [0.4, 0.5) is 0 Å². The molecule has 1 aliphatic rings. The molecular formula is C16H23N5O2. The van der Waals surface area contributed by atoms with Crippen molar-refractivity contribution in [1.29, 1.82) is 0 Å². The standard InChI is InChI=1S/C16H23N5O2/c1-3-16-17-5-12(6-18-16)8-20-10-14(22)15(11-20)23-13-7-19-21(4-2)9-13/h5-7,9,14-15,22H,3-4,8,10-11H2,1-2H3/t14-,15-/m1/s1. The minimum atomic E-state index is -0.504. The van der Waals surface area contributed by atoms with Crippen molar-refractivity contribution in [3.63, 3.8) is 0 Å². The van der Waals surface area contributed by atoms with Crippen LogP contribution in [0.1, 0.15) is 25.2 Å². The maximum atomic E-state index is 10.2. The van der Waals surface area contributed by atoms with E-state index in [4.69, 9.17) is 4.74 Å². The Hall–Kier alpha value is -1.99. The lowest BCUT2D eigenvalue weighted by atomic mass is 10.3. The van der Waals surface area contributed by atoms with Gasteiger partial charge in [0.1, 0.15) is 18.0 Å². The van der Waals surface area contributed by atoms with E-state index in [2.05, 4.69) is 20.0 Å². The summed E-state index contributed by atoms with van der Waals surface area (Å²) in [5, 5.41) is 14.4. The SMILES string of the molecule is CCc1ncc(CN2C[C@@H](O)[C@H](Oc3cnn(CC)c3)C2)cn1. The van der Waals surface area contributed by atoms with E-state index in [1.54, 1.807) is 10.9 Å². The summed E-state index contributed by atoms with van der Waals surface area (Å²) in [4.78, 5) is 10.8. The molecule has 0 spiro atoms. The smallest absolute Gasteiger partial charge is 0.157 e. The summed E-state index contributed by atoms with van der Waals surface area (Å²) in [5.41, 5.74) is 1.05. The fourth-order valence-electron chi connectivity index (χ4n) is 2.73. The zero-order valence-corrected chi connectivity index (χ0v) is 13.6. The van der Waals surface area contributed by atoms with Crippen molar-refractivity contribution in [1.82, 2.24) is 24.6 Å². The van der Waals surface area contributed by atoms with Gasteiger partial charge in [0.15, 0.2) is 5.75 Å². The number of hydrogen-bond donors (Lipinski definition) is 1. The number of β-amino-alcohol motifs (C(OH)–C–C–N with tert-alkyl or cyclic N) is 1. The molecule has 124 valence electrons. The van der Waals surface area contributed by atoms with Gasteiger partial charge in [-0.3, -0.25) is 9.58 Å². The summed E-state index contributed by atoms with van der Waals surface area (Å²) >= 11 is 0. The van der Waals surface area contributed by atoms with Gasteiger partial charge in [-0.25, -0.2) is 9.97 Å². The van der Waals surface area contributed by atoms with Crippen molar-refractivity contribution in [3.8, 4) is 5.75 Å². The number of nitrogens with zero attached hydrogens (tertiary/aromatic N) is 5. The van der Waals surface area contributed by atoms with Crippen LogP contribution in [0.2, 0.25) is 0 Å². The first kappa shape index (κ1) is 15.9. The second-order valence-electron chi connectivity index (χ2n) is 5.81. The largest absolute Gasteiger partial charge is 0.483 e. The number of aromatic nitrogens is 4. The molecule has 1 N–H and O–H groups in total. The van der Waals surface area contributed by atoms with Crippen LogP contribution in [-0.4, -0.2) is 55.1 Å². The van der Waals surface area contributed by atoms with Gasteiger partial charge in [-0.05, 0) is 6.92 Å². The molecular weight excluding hydrogens is 294 g/mol. The predicted octanol–water partition coefficient (Wildman–Crippen LogP) is 0.879. The predicted molar refractivity (Wildman–Crippen MR) is 85.0 cm³/mol. The second-order valence-corrected chi connectivity index (χ2v) is 5.81. The fourth-order valence-corrected chi connectivity index (χ4v) is 2.73. The molecule has 2 aromatic heterocycles. The van der Waals surface area contributed by atoms with Crippen molar-refractivity contribution in [2.45, 2.75) is 45.6 Å². The second kappa shape index (κ2) is 7.06. The van der Waals surface area contributed by atoms with E-state index < -0.39 is 6.10 Å². The minimum Gasteiger partial charge on any atom is -0.483 e. The van der Waals surface area contributed by atoms with Gasteiger partial charge in [-0.1, -0.05) is 6.92 Å². The normalized spacial score (nSPS) is 21.7. The molecule has 2 atom stereocenters. The van der Waals surface area contributed by atoms with Crippen LogP contribution in [0.3, 0.4) is 0 Å². The molecule has 3 heterocycles. The van der Waals surface area contributed by atoms with Crippen LogP contribution in [-0.2, 0) is 19.5 Å². The molecule has 1 fully saturated rings. The maximum absolute atomic E-state index is 10.2. The number of aliphatic hydroxyl groups excluding tert-OH is 1. The molecule has 0 unspecified atom stereocenters. The zero-order valence-electron chi connectivity index (χ0n) is 13.6. The third kappa shape index (κ3) is 3.86. The number of aliphatic hydroxyl groups is 1. The first-order valence-corrected chi connectivity index (χ1v) is 8.07. The van der Waals surface area contributed by atoms with Crippen LogP contribution < -0.4 is 4.74 Å². The molecule has 3 rings (SSSR count). The van der Waals surface area contributed by atoms with Crippen molar-refractivity contribution in [2.24, 2.45) is 0 Å². The first-order valence-electron chi connectivity index (χ1n) is 8.07. The van der Waals surface area contributed by atoms with Gasteiger partial charge in [0.2, 0.25) is 0 Å². The van der Waals surface area contributed by atoms with Crippen molar-refractivity contribution < 1.29 is 9.84 Å². The van der Waals surface area contributed by atoms with E-state index in [1.807, 2.05) is 32.4 Å². The lowest BCUT2D eigenvalue weighted by molar-refractivity contribution is 0.0736. The first-order chi connectivity index (χ1) is 11.2. The molecule has 1 saturated heterocycles. The molecule has 0 aromatic carbocycles. The Labute approximate surface area is 135 Å². The third-order valence-corrected chi connectivity index (χ3v) is 4.01. The molecule has 7 nitrogen and oxygen atoms in total. The molecule has 0 aliphatic carbocycles. The molecule has 0 radical (unpaired) electrons. The summed E-state index contributed by atoms with van der Waals surface area (Å²) in [7, 11) is 0. The lowest BCUT2D eigenvalue weighted by Gasteiger charge is -2.16. The van der Waals surface area contributed by atoms with E-state index in [0.29, 0.717) is 18.8 Å². The Kier molecular flexibility index (Phi) is 4.88. The van der Waals surface area contributed by atoms with E-state index in [0.717, 1.165) is 30.9 Å². The fraction of sp³-hybridized carbons (Fsp3) is 0.562. The third-order valence-electron chi connectivity index (χ3n) is 4.01. The summed E-state index contributed by atoms with van der Waals surface area (Å²) < 4.78 is 7.67. The highest BCUT2D eigenvalue weighted by molar-refractivity contribution is 5.13. The minimum absolute atomic E-state index is 0.236. The Morgan fingerprint density at radius 1 is 1.22 bits per heavy atom. The summed E-state index contributed by atoms with van der Waals surface area (Å²) in [6.07, 6.45) is 7.36. The average molecular weight is 317 g/mol. The van der Waals surface area contributed by atoms with Gasteiger partial charge in [-0.15, -0.1) is 0 Å². The molecule has 0 saturated carbocycles. The zero-order chi connectivity index (χ0) is 16.2. The average Bonchev–Trinajstić information content (AvgIpc) is 3.15. The Morgan fingerprint density at radius 2 is 2.00 bits per heavy atom. The molecule has 0 bridgehead atoms. The summed E-state index contributed by atoms with van der Waals surface area (Å²) in [6, 6.07) is 0. The Bertz CT molecular complexity index is 628. The van der Waals surface area contributed by atoms with E-state index in [-0.39, 0.29) is 6.10 Å². The van der Waals surface area contributed by atoms with Gasteiger partial charge >= 0.3 is 0 Å². The van der Waals surface area contributed by atoms with Crippen molar-refractivity contribution in [3.05, 3.63) is 36.2 Å².